The Kier molecular flexibility index (Phi) is 3.80. The number of carbonyl (C=O) groups is 1. The number of rotatable bonds is 3. The maximum Gasteiger partial charge on any atom is 0.253 e. The van der Waals surface area contributed by atoms with Gasteiger partial charge in [0.05, 0.1) is 32.2 Å². The van der Waals surface area contributed by atoms with Crippen LogP contribution in [0.25, 0.3) is 0 Å². The van der Waals surface area contributed by atoms with E-state index in [9.17, 15) is 4.79 Å². The second-order valence-electron chi connectivity index (χ2n) is 4.00. The van der Waals surface area contributed by atoms with Gasteiger partial charge in [-0.25, -0.2) is 0 Å². The highest BCUT2D eigenvalue weighted by Crippen LogP contribution is 2.22. The van der Waals surface area contributed by atoms with Crippen LogP contribution >= 0.6 is 0 Å². The minimum atomic E-state index is -0.213. The minimum Gasteiger partial charge on any atom is -0.497 e. The molecular weight excluding hydrogens is 232 g/mol. The molecule has 1 fully saturated rings. The van der Waals surface area contributed by atoms with E-state index in [2.05, 4.69) is 6.07 Å². The summed E-state index contributed by atoms with van der Waals surface area (Å²) in [6.07, 6.45) is 0.0785. The molecule has 1 aromatic rings. The fourth-order valence-corrected chi connectivity index (χ4v) is 1.86. The van der Waals surface area contributed by atoms with E-state index in [4.69, 9.17) is 14.7 Å². The molecule has 0 spiro atoms. The molecular formula is C13H14N2O3. The lowest BCUT2D eigenvalue weighted by atomic mass is 10.2. The van der Waals surface area contributed by atoms with Crippen LogP contribution in [0, 0.1) is 11.3 Å². The molecule has 1 amide bonds. The van der Waals surface area contributed by atoms with Crippen molar-refractivity contribution in [1.82, 2.24) is 0 Å². The predicted octanol–water partition coefficient (Wildman–Crippen LogP) is 1.34. The van der Waals surface area contributed by atoms with Gasteiger partial charge in [-0.15, -0.1) is 0 Å². The molecule has 1 atom stereocenters. The number of morpholine rings is 1. The Morgan fingerprint density at radius 3 is 2.83 bits per heavy atom. The number of methoxy groups -OCH3 is 1. The molecule has 5 nitrogen and oxygen atoms in total. The van der Waals surface area contributed by atoms with E-state index in [1.54, 1.807) is 24.1 Å². The normalized spacial score (nSPS) is 19.4. The van der Waals surface area contributed by atoms with E-state index in [-0.39, 0.29) is 18.6 Å². The van der Waals surface area contributed by atoms with Crippen molar-refractivity contribution in [3.05, 3.63) is 24.3 Å². The van der Waals surface area contributed by atoms with Crippen LogP contribution in [0.5, 0.6) is 5.75 Å². The molecule has 1 aliphatic rings. The van der Waals surface area contributed by atoms with E-state index in [0.717, 1.165) is 11.4 Å². The molecule has 0 saturated carbocycles. The minimum absolute atomic E-state index is 0.0262. The summed E-state index contributed by atoms with van der Waals surface area (Å²) in [5, 5.41) is 8.66. The summed E-state index contributed by atoms with van der Waals surface area (Å²) in [6.45, 7) is 0.442. The zero-order valence-electron chi connectivity index (χ0n) is 10.1. The number of carbonyl (C=O) groups excluding carboxylic acids is 1. The van der Waals surface area contributed by atoms with Crippen LogP contribution in [0.2, 0.25) is 0 Å². The van der Waals surface area contributed by atoms with Crippen LogP contribution in [0.15, 0.2) is 24.3 Å². The van der Waals surface area contributed by atoms with Crippen LogP contribution in [0.1, 0.15) is 6.42 Å². The molecule has 1 heterocycles. The van der Waals surface area contributed by atoms with E-state index in [1.165, 1.54) is 0 Å². The Labute approximate surface area is 106 Å². The molecule has 1 aliphatic heterocycles. The number of amides is 1. The molecule has 94 valence electrons. The van der Waals surface area contributed by atoms with Crippen molar-refractivity contribution in [2.75, 3.05) is 25.2 Å². The fraction of sp³-hybridized carbons (Fsp3) is 0.385. The first kappa shape index (κ1) is 12.4. The van der Waals surface area contributed by atoms with Gasteiger partial charge in [0.2, 0.25) is 0 Å². The van der Waals surface area contributed by atoms with Crippen molar-refractivity contribution >= 4 is 11.6 Å². The third-order valence-electron chi connectivity index (χ3n) is 2.83. The van der Waals surface area contributed by atoms with Gasteiger partial charge in [-0.05, 0) is 24.3 Å². The first-order valence-corrected chi connectivity index (χ1v) is 5.67. The SMILES string of the molecule is COc1ccc(N2CC(CC#N)OCC2=O)cc1. The average molecular weight is 246 g/mol. The predicted molar refractivity (Wildman–Crippen MR) is 65.3 cm³/mol. The second kappa shape index (κ2) is 5.52. The highest BCUT2D eigenvalue weighted by atomic mass is 16.5. The summed E-state index contributed by atoms with van der Waals surface area (Å²) in [5.74, 6) is 0.655. The van der Waals surface area contributed by atoms with Crippen molar-refractivity contribution in [2.24, 2.45) is 0 Å². The number of nitrogens with zero attached hydrogens (tertiary/aromatic N) is 2. The highest BCUT2D eigenvalue weighted by Gasteiger charge is 2.27. The monoisotopic (exact) mass is 246 g/mol. The number of nitriles is 1. The summed E-state index contributed by atoms with van der Waals surface area (Å²) in [5.41, 5.74) is 0.798. The average Bonchev–Trinajstić information content (AvgIpc) is 2.41. The largest absolute Gasteiger partial charge is 0.497 e. The van der Waals surface area contributed by atoms with Gasteiger partial charge in [-0.2, -0.15) is 5.26 Å². The van der Waals surface area contributed by atoms with Gasteiger partial charge in [0.25, 0.3) is 5.91 Å². The van der Waals surface area contributed by atoms with Gasteiger partial charge in [0, 0.05) is 5.69 Å². The summed E-state index contributed by atoms with van der Waals surface area (Å²) in [7, 11) is 1.60. The molecule has 1 aromatic carbocycles. The number of hydrogen-bond acceptors (Lipinski definition) is 4. The van der Waals surface area contributed by atoms with Crippen molar-refractivity contribution in [3.63, 3.8) is 0 Å². The number of hydrogen-bond donors (Lipinski definition) is 0. The Bertz CT molecular complexity index is 464. The van der Waals surface area contributed by atoms with Crippen molar-refractivity contribution < 1.29 is 14.3 Å². The Hall–Kier alpha value is -2.06. The van der Waals surface area contributed by atoms with Gasteiger partial charge in [0.1, 0.15) is 12.4 Å². The van der Waals surface area contributed by atoms with Gasteiger partial charge in [-0.3, -0.25) is 4.79 Å². The number of anilines is 1. The molecule has 2 rings (SSSR count). The third-order valence-corrected chi connectivity index (χ3v) is 2.83. The number of ether oxygens (including phenoxy) is 2. The molecule has 1 saturated heterocycles. The maximum absolute atomic E-state index is 11.8. The lowest BCUT2D eigenvalue weighted by molar-refractivity contribution is -0.129. The van der Waals surface area contributed by atoms with Crippen molar-refractivity contribution in [2.45, 2.75) is 12.5 Å². The van der Waals surface area contributed by atoms with Crippen LogP contribution in [0.3, 0.4) is 0 Å². The Morgan fingerprint density at radius 2 is 2.22 bits per heavy atom. The Morgan fingerprint density at radius 1 is 1.50 bits per heavy atom. The fourth-order valence-electron chi connectivity index (χ4n) is 1.86. The van der Waals surface area contributed by atoms with Gasteiger partial charge in [-0.1, -0.05) is 0 Å². The number of benzene rings is 1. The summed E-state index contributed by atoms with van der Waals surface area (Å²) >= 11 is 0. The molecule has 0 N–H and O–H groups in total. The zero-order valence-corrected chi connectivity index (χ0v) is 10.1. The quantitative estimate of drug-likeness (QED) is 0.807. The first-order chi connectivity index (χ1) is 8.74. The van der Waals surface area contributed by atoms with Gasteiger partial charge < -0.3 is 14.4 Å². The topological polar surface area (TPSA) is 62.6 Å². The van der Waals surface area contributed by atoms with E-state index in [1.807, 2.05) is 12.1 Å². The Balaban J connectivity index is 2.14. The van der Waals surface area contributed by atoms with Gasteiger partial charge >= 0.3 is 0 Å². The zero-order chi connectivity index (χ0) is 13.0. The summed E-state index contributed by atoms with van der Waals surface area (Å²) in [6, 6.07) is 9.32. The van der Waals surface area contributed by atoms with Crippen molar-refractivity contribution in [3.8, 4) is 11.8 Å². The van der Waals surface area contributed by atoms with E-state index in [0.29, 0.717) is 13.0 Å². The molecule has 18 heavy (non-hydrogen) atoms. The highest BCUT2D eigenvalue weighted by molar-refractivity contribution is 5.95. The van der Waals surface area contributed by atoms with Crippen LogP contribution in [-0.2, 0) is 9.53 Å². The molecule has 0 aromatic heterocycles. The third kappa shape index (κ3) is 2.60. The van der Waals surface area contributed by atoms with Gasteiger partial charge in [0.15, 0.2) is 0 Å². The molecule has 1 unspecified atom stereocenters. The second-order valence-corrected chi connectivity index (χ2v) is 4.00. The van der Waals surface area contributed by atoms with Crippen LogP contribution < -0.4 is 9.64 Å². The lowest BCUT2D eigenvalue weighted by Crippen LogP contribution is -2.46. The first-order valence-electron chi connectivity index (χ1n) is 5.67. The van der Waals surface area contributed by atoms with E-state index >= 15 is 0 Å². The van der Waals surface area contributed by atoms with Crippen molar-refractivity contribution in [1.29, 1.82) is 5.26 Å². The molecule has 5 heteroatoms. The van der Waals surface area contributed by atoms with E-state index < -0.39 is 0 Å². The smallest absolute Gasteiger partial charge is 0.253 e. The summed E-state index contributed by atoms with van der Waals surface area (Å²) < 4.78 is 10.4. The maximum atomic E-state index is 11.8. The molecule has 0 bridgehead atoms. The summed E-state index contributed by atoms with van der Waals surface area (Å²) in [4.78, 5) is 13.4. The standard InChI is InChI=1S/C13H14N2O3/c1-17-11-4-2-10(3-5-11)15-8-12(6-7-14)18-9-13(15)16/h2-5,12H,6,8-9H2,1H3. The molecule has 0 aliphatic carbocycles. The van der Waals surface area contributed by atoms with Crippen LogP contribution in [0.4, 0.5) is 5.69 Å². The lowest BCUT2D eigenvalue weighted by Gasteiger charge is -2.31. The molecule has 0 radical (unpaired) electrons. The van der Waals surface area contributed by atoms with Crippen LogP contribution in [-0.4, -0.2) is 32.3 Å².